The van der Waals surface area contributed by atoms with Crippen LogP contribution in [0.15, 0.2) is 30.3 Å². The van der Waals surface area contributed by atoms with Crippen molar-refractivity contribution in [3.63, 3.8) is 0 Å². The van der Waals surface area contributed by atoms with Crippen LogP contribution in [-0.2, 0) is 5.88 Å². The van der Waals surface area contributed by atoms with E-state index in [0.717, 1.165) is 17.9 Å². The zero-order valence-electron chi connectivity index (χ0n) is 11.3. The number of aromatic nitrogens is 1. The zero-order valence-corrected chi connectivity index (χ0v) is 12.0. The van der Waals surface area contributed by atoms with E-state index < -0.39 is 0 Å². The third kappa shape index (κ3) is 2.42. The van der Waals surface area contributed by atoms with E-state index in [4.69, 9.17) is 16.6 Å². The second-order valence-electron chi connectivity index (χ2n) is 5.33. The molecule has 1 aromatic carbocycles. The third-order valence-electron chi connectivity index (χ3n) is 4.03. The molecule has 0 radical (unpaired) electrons. The molecule has 0 bridgehead atoms. The lowest BCUT2D eigenvalue weighted by molar-refractivity contribution is 0.481. The van der Waals surface area contributed by atoms with Crippen molar-refractivity contribution in [2.45, 2.75) is 38.1 Å². The van der Waals surface area contributed by atoms with Gasteiger partial charge in [-0.3, -0.25) is 0 Å². The fraction of sp³-hybridized carbons (Fsp3) is 0.438. The number of piperidine rings is 1. The lowest BCUT2D eigenvalue weighted by Gasteiger charge is -2.34. The minimum atomic E-state index is 0.540. The fourth-order valence-corrected chi connectivity index (χ4v) is 3.15. The summed E-state index contributed by atoms with van der Waals surface area (Å²) in [6.45, 7) is 3.39. The van der Waals surface area contributed by atoms with Crippen molar-refractivity contribution in [2.75, 3.05) is 11.4 Å². The molecule has 0 spiro atoms. The molecule has 2 nitrogen and oxygen atoms in total. The van der Waals surface area contributed by atoms with Crippen LogP contribution in [0.4, 0.5) is 5.82 Å². The molecule has 1 unspecified atom stereocenters. The number of halogens is 1. The van der Waals surface area contributed by atoms with E-state index in [-0.39, 0.29) is 0 Å². The van der Waals surface area contributed by atoms with Crippen molar-refractivity contribution in [1.82, 2.24) is 4.98 Å². The maximum absolute atomic E-state index is 6.11. The number of hydrogen-bond acceptors (Lipinski definition) is 2. The van der Waals surface area contributed by atoms with E-state index in [1.807, 2.05) is 12.1 Å². The van der Waals surface area contributed by atoms with Crippen LogP contribution in [0.25, 0.3) is 10.9 Å². The number of hydrogen-bond donors (Lipinski definition) is 0. The van der Waals surface area contributed by atoms with Gasteiger partial charge in [0.1, 0.15) is 5.82 Å². The molecule has 1 fully saturated rings. The predicted molar refractivity (Wildman–Crippen MR) is 82.0 cm³/mol. The first kappa shape index (κ1) is 12.7. The number of benzene rings is 1. The summed E-state index contributed by atoms with van der Waals surface area (Å²) in [5.41, 5.74) is 2.23. The summed E-state index contributed by atoms with van der Waals surface area (Å²) in [6, 6.07) is 11.0. The summed E-state index contributed by atoms with van der Waals surface area (Å²) in [4.78, 5) is 7.25. The van der Waals surface area contributed by atoms with Crippen molar-refractivity contribution in [3.8, 4) is 0 Å². The molecule has 100 valence electrons. The van der Waals surface area contributed by atoms with Crippen LogP contribution >= 0.6 is 11.6 Å². The molecule has 1 aliphatic heterocycles. The Labute approximate surface area is 119 Å². The maximum atomic E-state index is 6.11. The smallest absolute Gasteiger partial charge is 0.129 e. The van der Waals surface area contributed by atoms with Gasteiger partial charge in [0.15, 0.2) is 0 Å². The first-order valence-corrected chi connectivity index (χ1v) is 7.54. The fourth-order valence-electron chi connectivity index (χ4n) is 2.93. The highest BCUT2D eigenvalue weighted by atomic mass is 35.5. The van der Waals surface area contributed by atoms with Crippen molar-refractivity contribution < 1.29 is 0 Å². The van der Waals surface area contributed by atoms with Crippen LogP contribution in [0, 0.1) is 0 Å². The summed E-state index contributed by atoms with van der Waals surface area (Å²) in [5.74, 6) is 1.62. The molecule has 2 heterocycles. The molecule has 0 saturated carbocycles. The van der Waals surface area contributed by atoms with E-state index in [2.05, 4.69) is 30.0 Å². The summed E-state index contributed by atoms with van der Waals surface area (Å²) in [5, 5.41) is 1.17. The van der Waals surface area contributed by atoms with Crippen LogP contribution in [0.5, 0.6) is 0 Å². The first-order valence-electron chi connectivity index (χ1n) is 7.01. The Morgan fingerprint density at radius 2 is 2.16 bits per heavy atom. The highest BCUT2D eigenvalue weighted by molar-refractivity contribution is 6.18. The first-order chi connectivity index (χ1) is 9.29. The monoisotopic (exact) mass is 274 g/mol. The van der Waals surface area contributed by atoms with Gasteiger partial charge in [-0.1, -0.05) is 18.2 Å². The van der Waals surface area contributed by atoms with Crippen molar-refractivity contribution >= 4 is 28.3 Å². The van der Waals surface area contributed by atoms with Gasteiger partial charge < -0.3 is 4.90 Å². The Kier molecular flexibility index (Phi) is 3.61. The van der Waals surface area contributed by atoms with Gasteiger partial charge in [-0.05, 0) is 43.9 Å². The topological polar surface area (TPSA) is 16.1 Å². The van der Waals surface area contributed by atoms with Crippen LogP contribution in [0.1, 0.15) is 31.7 Å². The molecule has 1 aliphatic rings. The summed E-state index contributed by atoms with van der Waals surface area (Å²) < 4.78 is 0. The number of alkyl halides is 1. The second-order valence-corrected chi connectivity index (χ2v) is 5.60. The number of anilines is 1. The van der Waals surface area contributed by atoms with Gasteiger partial charge in [-0.25, -0.2) is 4.98 Å². The Morgan fingerprint density at radius 1 is 1.32 bits per heavy atom. The quantitative estimate of drug-likeness (QED) is 0.757. The average Bonchev–Trinajstić information content (AvgIpc) is 2.46. The van der Waals surface area contributed by atoms with E-state index in [1.165, 1.54) is 30.2 Å². The van der Waals surface area contributed by atoms with Gasteiger partial charge in [0.25, 0.3) is 0 Å². The summed E-state index contributed by atoms with van der Waals surface area (Å²) >= 11 is 6.11. The van der Waals surface area contributed by atoms with Gasteiger partial charge in [0.05, 0.1) is 5.52 Å². The standard InChI is InChI=1S/C16H19ClN2/c1-12-6-4-5-9-19(12)16-10-13(11-17)14-7-2-3-8-15(14)18-16/h2-3,7-8,10,12H,4-6,9,11H2,1H3. The SMILES string of the molecule is CC1CCCCN1c1cc(CCl)c2ccccc2n1. The van der Waals surface area contributed by atoms with Crippen LogP contribution < -0.4 is 4.90 Å². The van der Waals surface area contributed by atoms with Gasteiger partial charge in [-0.2, -0.15) is 0 Å². The molecule has 1 aromatic heterocycles. The number of rotatable bonds is 2. The zero-order chi connectivity index (χ0) is 13.2. The molecule has 1 atom stereocenters. The molecule has 19 heavy (non-hydrogen) atoms. The number of fused-ring (bicyclic) bond motifs is 1. The van der Waals surface area contributed by atoms with Gasteiger partial charge >= 0.3 is 0 Å². The number of nitrogens with zero attached hydrogens (tertiary/aromatic N) is 2. The van der Waals surface area contributed by atoms with E-state index in [1.54, 1.807) is 0 Å². The van der Waals surface area contributed by atoms with Gasteiger partial charge in [-0.15, -0.1) is 11.6 Å². The number of para-hydroxylation sites is 1. The Morgan fingerprint density at radius 3 is 2.95 bits per heavy atom. The van der Waals surface area contributed by atoms with Crippen molar-refractivity contribution in [3.05, 3.63) is 35.9 Å². The van der Waals surface area contributed by atoms with E-state index in [9.17, 15) is 0 Å². The predicted octanol–water partition coefficient (Wildman–Crippen LogP) is 4.35. The summed E-state index contributed by atoms with van der Waals surface area (Å²) in [6.07, 6.45) is 3.84. The van der Waals surface area contributed by atoms with E-state index in [0.29, 0.717) is 11.9 Å². The van der Waals surface area contributed by atoms with Gasteiger partial charge in [0, 0.05) is 23.9 Å². The minimum absolute atomic E-state index is 0.540. The largest absolute Gasteiger partial charge is 0.354 e. The molecule has 3 heteroatoms. The van der Waals surface area contributed by atoms with Crippen LogP contribution in [-0.4, -0.2) is 17.6 Å². The van der Waals surface area contributed by atoms with Crippen LogP contribution in [0.2, 0.25) is 0 Å². The lowest BCUT2D eigenvalue weighted by atomic mass is 10.0. The molecule has 2 aromatic rings. The minimum Gasteiger partial charge on any atom is -0.354 e. The van der Waals surface area contributed by atoms with Gasteiger partial charge in [0.2, 0.25) is 0 Å². The molecular formula is C16H19ClN2. The molecule has 0 aliphatic carbocycles. The van der Waals surface area contributed by atoms with Crippen LogP contribution in [0.3, 0.4) is 0 Å². The summed E-state index contributed by atoms with van der Waals surface area (Å²) in [7, 11) is 0. The molecule has 0 N–H and O–H groups in total. The molecule has 0 amide bonds. The third-order valence-corrected chi connectivity index (χ3v) is 4.32. The second kappa shape index (κ2) is 5.38. The number of pyridine rings is 1. The Bertz CT molecular complexity index is 582. The Balaban J connectivity index is 2.08. The normalized spacial score (nSPS) is 19.9. The lowest BCUT2D eigenvalue weighted by Crippen LogP contribution is -2.38. The maximum Gasteiger partial charge on any atom is 0.129 e. The Hall–Kier alpha value is -1.28. The van der Waals surface area contributed by atoms with E-state index >= 15 is 0 Å². The molecular weight excluding hydrogens is 256 g/mol. The van der Waals surface area contributed by atoms with Crippen molar-refractivity contribution in [2.24, 2.45) is 0 Å². The highest BCUT2D eigenvalue weighted by Crippen LogP contribution is 2.28. The molecule has 3 rings (SSSR count). The highest BCUT2D eigenvalue weighted by Gasteiger charge is 2.20. The molecule has 1 saturated heterocycles. The van der Waals surface area contributed by atoms with Crippen molar-refractivity contribution in [1.29, 1.82) is 0 Å². The average molecular weight is 275 g/mol.